The molecule has 0 aromatic heterocycles. The summed E-state index contributed by atoms with van der Waals surface area (Å²) in [5.41, 5.74) is 4.50. The van der Waals surface area contributed by atoms with E-state index < -0.39 is 17.5 Å². The van der Waals surface area contributed by atoms with Gasteiger partial charge in [-0.15, -0.1) is 0 Å². The minimum atomic E-state index is -1.05. The lowest BCUT2D eigenvalue weighted by Gasteiger charge is -2.18. The second kappa shape index (κ2) is 9.19. The number of aromatic carboxylic acids is 1. The van der Waals surface area contributed by atoms with Crippen LogP contribution < -0.4 is 10.6 Å². The molecule has 0 spiro atoms. The highest BCUT2D eigenvalue weighted by Crippen LogP contribution is 2.47. The molecule has 3 aromatic rings. The first kappa shape index (κ1) is 23.1. The van der Waals surface area contributed by atoms with Gasteiger partial charge in [0, 0.05) is 16.9 Å². The summed E-state index contributed by atoms with van der Waals surface area (Å²) in [6.07, 6.45) is 0.735. The number of amides is 2. The Morgan fingerprint density at radius 1 is 0.971 bits per heavy atom. The van der Waals surface area contributed by atoms with Crippen LogP contribution in [0.25, 0.3) is 11.1 Å². The van der Waals surface area contributed by atoms with Gasteiger partial charge >= 0.3 is 12.1 Å². The molecule has 3 N–H and O–H groups in total. The molecule has 178 valence electrons. The average molecular weight is 535 g/mol. The molecule has 2 amide bonds. The van der Waals surface area contributed by atoms with Gasteiger partial charge in [0.15, 0.2) is 0 Å². The number of halogens is 1. The van der Waals surface area contributed by atoms with E-state index >= 15 is 0 Å². The van der Waals surface area contributed by atoms with Crippen molar-refractivity contribution in [3.63, 3.8) is 0 Å². The molecular formula is C27H23BrN2O5. The highest BCUT2D eigenvalue weighted by Gasteiger charge is 2.50. The topological polar surface area (TPSA) is 105 Å². The number of anilines is 1. The third-order valence-electron chi connectivity index (χ3n) is 6.71. The Labute approximate surface area is 210 Å². The average Bonchev–Trinajstić information content (AvgIpc) is 3.59. The van der Waals surface area contributed by atoms with Gasteiger partial charge in [-0.3, -0.25) is 4.79 Å². The summed E-state index contributed by atoms with van der Waals surface area (Å²) >= 11 is 3.30. The molecule has 2 aliphatic rings. The minimum Gasteiger partial charge on any atom is -0.478 e. The van der Waals surface area contributed by atoms with Crippen LogP contribution in [0.15, 0.2) is 71.2 Å². The number of fused-ring (bicyclic) bond motifs is 3. The molecule has 0 unspecified atom stereocenters. The summed E-state index contributed by atoms with van der Waals surface area (Å²) in [5.74, 6) is -1.30. The Kier molecular flexibility index (Phi) is 6.06. The molecule has 0 bridgehead atoms. The van der Waals surface area contributed by atoms with Crippen molar-refractivity contribution in [1.29, 1.82) is 0 Å². The zero-order valence-electron chi connectivity index (χ0n) is 18.7. The lowest BCUT2D eigenvalue weighted by Crippen LogP contribution is -2.37. The Morgan fingerprint density at radius 3 is 2.17 bits per heavy atom. The van der Waals surface area contributed by atoms with Crippen LogP contribution in [0, 0.1) is 5.41 Å². The van der Waals surface area contributed by atoms with Gasteiger partial charge in [-0.1, -0.05) is 48.5 Å². The van der Waals surface area contributed by atoms with E-state index in [4.69, 9.17) is 9.84 Å². The monoisotopic (exact) mass is 534 g/mol. The van der Waals surface area contributed by atoms with E-state index in [2.05, 4.69) is 50.8 Å². The van der Waals surface area contributed by atoms with Gasteiger partial charge in [0.1, 0.15) is 6.61 Å². The van der Waals surface area contributed by atoms with E-state index in [9.17, 15) is 14.4 Å². The molecule has 0 radical (unpaired) electrons. The number of hydrogen-bond acceptors (Lipinski definition) is 4. The molecule has 0 saturated heterocycles. The Balaban J connectivity index is 1.17. The minimum absolute atomic E-state index is 0.0301. The second-order valence-electron chi connectivity index (χ2n) is 8.91. The summed E-state index contributed by atoms with van der Waals surface area (Å²) in [6, 6.07) is 20.7. The number of ether oxygens (including phenoxy) is 1. The SMILES string of the molecule is O=C(NCC1(C(=O)Nc2ccc(C(=O)O)cc2Br)CC1)OCC1c2ccccc2-c2ccccc21. The van der Waals surface area contributed by atoms with Gasteiger partial charge in [0.25, 0.3) is 0 Å². The number of nitrogens with one attached hydrogen (secondary N) is 2. The van der Waals surface area contributed by atoms with Crippen molar-refractivity contribution < 1.29 is 24.2 Å². The molecule has 5 rings (SSSR count). The maximum atomic E-state index is 12.9. The zero-order chi connectivity index (χ0) is 24.6. The third-order valence-corrected chi connectivity index (χ3v) is 7.37. The standard InChI is InChI=1S/C27H23BrN2O5/c28-22-13-16(24(31)32)9-10-23(22)30-25(33)27(11-12-27)15-29-26(34)35-14-21-19-7-3-1-5-17(19)18-6-2-4-8-20(18)21/h1-10,13,21H,11-12,14-15H2,(H,29,34)(H,30,33)(H,31,32). The highest BCUT2D eigenvalue weighted by molar-refractivity contribution is 9.10. The number of alkyl carbamates (subject to hydrolysis) is 1. The number of carbonyl (C=O) groups excluding carboxylic acids is 2. The summed E-state index contributed by atoms with van der Waals surface area (Å²) in [4.78, 5) is 36.5. The largest absolute Gasteiger partial charge is 0.478 e. The van der Waals surface area contributed by atoms with Crippen LogP contribution >= 0.6 is 15.9 Å². The van der Waals surface area contributed by atoms with Crippen LogP contribution in [0.4, 0.5) is 10.5 Å². The molecule has 35 heavy (non-hydrogen) atoms. The van der Waals surface area contributed by atoms with E-state index in [0.717, 1.165) is 22.3 Å². The Bertz CT molecular complexity index is 1290. The molecule has 8 heteroatoms. The third kappa shape index (κ3) is 4.53. The fourth-order valence-corrected chi connectivity index (χ4v) is 5.01. The van der Waals surface area contributed by atoms with Crippen molar-refractivity contribution in [3.05, 3.63) is 87.9 Å². The molecule has 3 aromatic carbocycles. The fraction of sp³-hybridized carbons (Fsp3) is 0.222. The van der Waals surface area contributed by atoms with E-state index in [-0.39, 0.29) is 30.5 Å². The van der Waals surface area contributed by atoms with Crippen LogP contribution in [-0.2, 0) is 9.53 Å². The number of carboxylic acids is 1. The summed E-state index contributed by atoms with van der Waals surface area (Å²) in [6.45, 7) is 0.377. The van der Waals surface area contributed by atoms with Crippen LogP contribution in [0.3, 0.4) is 0 Å². The lowest BCUT2D eigenvalue weighted by atomic mass is 9.98. The van der Waals surface area contributed by atoms with Gasteiger partial charge < -0.3 is 20.5 Å². The lowest BCUT2D eigenvalue weighted by molar-refractivity contribution is -0.120. The van der Waals surface area contributed by atoms with Crippen molar-refractivity contribution in [2.24, 2.45) is 5.41 Å². The first-order valence-corrected chi connectivity index (χ1v) is 12.1. The van der Waals surface area contributed by atoms with Crippen LogP contribution in [0.5, 0.6) is 0 Å². The maximum absolute atomic E-state index is 12.9. The van der Waals surface area contributed by atoms with Crippen molar-refractivity contribution in [2.45, 2.75) is 18.8 Å². The van der Waals surface area contributed by atoms with Crippen LogP contribution in [0.2, 0.25) is 0 Å². The smallest absolute Gasteiger partial charge is 0.407 e. The molecular weight excluding hydrogens is 512 g/mol. The molecule has 0 heterocycles. The Morgan fingerprint density at radius 2 is 1.60 bits per heavy atom. The molecule has 1 saturated carbocycles. The molecule has 7 nitrogen and oxygen atoms in total. The predicted molar refractivity (Wildman–Crippen MR) is 134 cm³/mol. The van der Waals surface area contributed by atoms with Gasteiger partial charge in [0.05, 0.1) is 16.7 Å². The maximum Gasteiger partial charge on any atom is 0.407 e. The van der Waals surface area contributed by atoms with E-state index in [1.165, 1.54) is 12.1 Å². The molecule has 0 atom stereocenters. The normalized spacial score (nSPS) is 15.0. The molecule has 2 aliphatic carbocycles. The highest BCUT2D eigenvalue weighted by atomic mass is 79.9. The van der Waals surface area contributed by atoms with Crippen molar-refractivity contribution in [3.8, 4) is 11.1 Å². The fourth-order valence-electron chi connectivity index (χ4n) is 4.53. The summed E-state index contributed by atoms with van der Waals surface area (Å²) in [7, 11) is 0. The number of benzene rings is 3. The first-order valence-electron chi connectivity index (χ1n) is 11.3. The predicted octanol–water partition coefficient (Wildman–Crippen LogP) is 5.40. The number of rotatable bonds is 7. The van der Waals surface area contributed by atoms with E-state index in [1.807, 2.05) is 24.3 Å². The van der Waals surface area contributed by atoms with Gasteiger partial charge in [-0.25, -0.2) is 9.59 Å². The van der Waals surface area contributed by atoms with Crippen LogP contribution in [0.1, 0.15) is 40.2 Å². The zero-order valence-corrected chi connectivity index (χ0v) is 20.3. The van der Waals surface area contributed by atoms with E-state index in [0.29, 0.717) is 23.0 Å². The van der Waals surface area contributed by atoms with Crippen LogP contribution in [-0.4, -0.2) is 36.2 Å². The van der Waals surface area contributed by atoms with Gasteiger partial charge in [-0.2, -0.15) is 0 Å². The Hall–Kier alpha value is -3.65. The summed E-state index contributed by atoms with van der Waals surface area (Å²) in [5, 5.41) is 14.7. The number of hydrogen-bond donors (Lipinski definition) is 3. The number of carbonyl (C=O) groups is 3. The van der Waals surface area contributed by atoms with Gasteiger partial charge in [0.2, 0.25) is 5.91 Å². The molecule has 0 aliphatic heterocycles. The second-order valence-corrected chi connectivity index (χ2v) is 9.77. The van der Waals surface area contributed by atoms with Crippen molar-refractivity contribution in [1.82, 2.24) is 5.32 Å². The first-order chi connectivity index (χ1) is 16.9. The van der Waals surface area contributed by atoms with Gasteiger partial charge in [-0.05, 0) is 69.2 Å². The number of carboxylic acid groups (broad SMARTS) is 1. The van der Waals surface area contributed by atoms with Crippen molar-refractivity contribution in [2.75, 3.05) is 18.5 Å². The molecule has 1 fully saturated rings. The van der Waals surface area contributed by atoms with E-state index in [1.54, 1.807) is 6.07 Å². The van der Waals surface area contributed by atoms with Crippen molar-refractivity contribution >= 4 is 39.6 Å². The quantitative estimate of drug-likeness (QED) is 0.376. The summed E-state index contributed by atoms with van der Waals surface area (Å²) < 4.78 is 6.05.